The molecule has 0 amide bonds. The zero-order valence-corrected chi connectivity index (χ0v) is 47.1. The molecule has 8 aliphatic rings. The summed E-state index contributed by atoms with van der Waals surface area (Å²) in [5.74, 6) is 9.92. The summed E-state index contributed by atoms with van der Waals surface area (Å²) in [6.45, 7) is 12.7. The molecule has 0 N–H and O–H groups in total. The average molecular weight is 960 g/mol. The monoisotopic (exact) mass is 959 g/mol. The first-order chi connectivity index (χ1) is 33.8. The molecule has 4 nitrogen and oxygen atoms in total. The van der Waals surface area contributed by atoms with Gasteiger partial charge in [0.05, 0.1) is 12.2 Å². The van der Waals surface area contributed by atoms with Crippen molar-refractivity contribution in [2.75, 3.05) is 27.3 Å². The van der Waals surface area contributed by atoms with Gasteiger partial charge in [0, 0.05) is 51.5 Å². The smallest absolute Gasteiger partial charge is 0.0571 e. The van der Waals surface area contributed by atoms with E-state index in [1.807, 2.05) is 14.2 Å². The number of ether oxygens (including phenoxy) is 2. The summed E-state index contributed by atoms with van der Waals surface area (Å²) < 4.78 is 11.8. The Morgan fingerprint density at radius 2 is 0.754 bits per heavy atom. The van der Waals surface area contributed by atoms with Gasteiger partial charge in [-0.1, -0.05) is 111 Å². The fraction of sp³-hybridized carbons (Fsp3) is 1.00. The Bertz CT molecular complexity index is 1360. The predicted molar refractivity (Wildman–Crippen MR) is 295 cm³/mol. The largest absolute Gasteiger partial charge is 0.381 e. The van der Waals surface area contributed by atoms with Crippen molar-refractivity contribution in [2.45, 2.75) is 321 Å². The van der Waals surface area contributed by atoms with Crippen LogP contribution in [-0.4, -0.2) is 73.5 Å². The minimum Gasteiger partial charge on any atom is -0.381 e. The van der Waals surface area contributed by atoms with E-state index in [0.717, 1.165) is 83.3 Å². The van der Waals surface area contributed by atoms with E-state index >= 15 is 0 Å². The molecule has 0 aromatic heterocycles. The normalized spacial score (nSPS) is 39.7. The molecule has 0 bridgehead atoms. The van der Waals surface area contributed by atoms with Gasteiger partial charge in [-0.25, -0.2) is 0 Å². The van der Waals surface area contributed by atoms with Crippen LogP contribution in [0.5, 0.6) is 0 Å². The zero-order chi connectivity index (χ0) is 48.0. The second kappa shape index (κ2) is 28.1. The van der Waals surface area contributed by atoms with Crippen LogP contribution >= 0.6 is 0 Å². The lowest BCUT2D eigenvalue weighted by atomic mass is 9.57. The molecule has 8 rings (SSSR count). The maximum Gasteiger partial charge on any atom is 0.0571 e. The van der Waals surface area contributed by atoms with Crippen molar-refractivity contribution in [1.82, 2.24) is 9.80 Å². The van der Waals surface area contributed by atoms with Crippen molar-refractivity contribution in [2.24, 2.45) is 64.6 Å². The zero-order valence-electron chi connectivity index (χ0n) is 47.1. The number of methoxy groups -OCH3 is 2. The van der Waals surface area contributed by atoms with Gasteiger partial charge < -0.3 is 9.47 Å². The highest BCUT2D eigenvalue weighted by Crippen LogP contribution is 2.68. The van der Waals surface area contributed by atoms with E-state index in [1.165, 1.54) is 212 Å². The summed E-state index contributed by atoms with van der Waals surface area (Å²) in [6, 6.07) is 3.31. The summed E-state index contributed by atoms with van der Waals surface area (Å²) in [7, 11) is 3.91. The molecule has 0 heterocycles. The quantitative estimate of drug-likeness (QED) is 0.0852. The number of fused-ring (bicyclic) bond motifs is 3. The SMILES string of the molecule is CCCCCCCCC1(CCCCCCCC)C2CC(C)CCC2C2CCC(C3CCC(N(CC4CCC(OC)CC4)C4CCC(N(CC5CCC(OC)CC5)C5CCC(C)CC5)CC4)CC3)CC21. The molecule has 0 radical (unpaired) electrons. The highest BCUT2D eigenvalue weighted by molar-refractivity contribution is 5.10. The van der Waals surface area contributed by atoms with Gasteiger partial charge in [-0.2, -0.15) is 0 Å². The van der Waals surface area contributed by atoms with Crippen LogP contribution in [0.1, 0.15) is 285 Å². The Hall–Kier alpha value is -0.160. The van der Waals surface area contributed by atoms with Crippen molar-refractivity contribution in [3.63, 3.8) is 0 Å². The fourth-order valence-electron chi connectivity index (χ4n) is 19.1. The maximum absolute atomic E-state index is 5.92. The van der Waals surface area contributed by atoms with Crippen LogP contribution in [0, 0.1) is 64.6 Å². The average Bonchev–Trinajstić information content (AvgIpc) is 3.65. The molecule has 6 atom stereocenters. The molecule has 0 aromatic carbocycles. The summed E-state index contributed by atoms with van der Waals surface area (Å²) in [4.78, 5) is 6.43. The van der Waals surface area contributed by atoms with E-state index in [2.05, 4.69) is 37.5 Å². The Kier molecular flexibility index (Phi) is 22.4. The highest BCUT2D eigenvalue weighted by Gasteiger charge is 2.61. The van der Waals surface area contributed by atoms with Crippen molar-refractivity contribution < 1.29 is 9.47 Å². The Morgan fingerprint density at radius 1 is 0.377 bits per heavy atom. The maximum atomic E-state index is 5.92. The molecule has 8 saturated carbocycles. The second-order valence-corrected chi connectivity index (χ2v) is 27.4. The molecule has 4 heteroatoms. The minimum absolute atomic E-state index is 0.511. The van der Waals surface area contributed by atoms with Crippen LogP contribution in [0.2, 0.25) is 0 Å². The van der Waals surface area contributed by atoms with E-state index in [9.17, 15) is 0 Å². The second-order valence-electron chi connectivity index (χ2n) is 27.4. The molecule has 0 aromatic rings. The predicted octanol–water partition coefficient (Wildman–Crippen LogP) is 18.0. The van der Waals surface area contributed by atoms with Crippen LogP contribution in [0.25, 0.3) is 0 Å². The van der Waals surface area contributed by atoms with Gasteiger partial charge in [0.2, 0.25) is 0 Å². The third-order valence-electron chi connectivity index (χ3n) is 23.3. The van der Waals surface area contributed by atoms with E-state index in [0.29, 0.717) is 17.6 Å². The summed E-state index contributed by atoms with van der Waals surface area (Å²) in [5, 5.41) is 0. The molecule has 0 aliphatic heterocycles. The summed E-state index contributed by atoms with van der Waals surface area (Å²) >= 11 is 0. The van der Waals surface area contributed by atoms with Crippen molar-refractivity contribution in [3.05, 3.63) is 0 Å². The lowest BCUT2D eigenvalue weighted by Gasteiger charge is -2.50. The molecule has 8 fully saturated rings. The third-order valence-corrected chi connectivity index (χ3v) is 23.3. The molecule has 0 spiro atoms. The molecule has 8 aliphatic carbocycles. The number of hydrogen-bond donors (Lipinski definition) is 0. The van der Waals surface area contributed by atoms with Crippen LogP contribution < -0.4 is 0 Å². The number of unbranched alkanes of at least 4 members (excludes halogenated alkanes) is 10. The molecule has 69 heavy (non-hydrogen) atoms. The Labute approximate surface area is 430 Å². The highest BCUT2D eigenvalue weighted by atomic mass is 16.5. The van der Waals surface area contributed by atoms with Gasteiger partial charge in [0.15, 0.2) is 0 Å². The van der Waals surface area contributed by atoms with Crippen LogP contribution in [0.3, 0.4) is 0 Å². The fourth-order valence-corrected chi connectivity index (χ4v) is 19.1. The van der Waals surface area contributed by atoms with Crippen LogP contribution in [0.4, 0.5) is 0 Å². The summed E-state index contributed by atoms with van der Waals surface area (Å²) in [6.07, 6.45) is 59.9. The topological polar surface area (TPSA) is 24.9 Å². The summed E-state index contributed by atoms with van der Waals surface area (Å²) in [5.41, 5.74) is 0.668. The van der Waals surface area contributed by atoms with Crippen molar-refractivity contribution >= 4 is 0 Å². The number of nitrogens with zero attached hydrogens (tertiary/aromatic N) is 2. The standard InChI is InChI=1S/C65H118N2O2/c1-7-9-11-13-15-17-43-65(44-18-16-14-12-10-8-2)63-45-50(4)21-41-61(63)62-42-28-54(46-64(62)65)53-26-31-56(32-27-53)67(48-52-24-39-60(69-6)40-25-52)58-35-33-57(34-36-58)66(55-29-19-49(3)20-30-55)47-51-22-37-59(68-5)38-23-51/h49-64H,7-48H2,1-6H3. The van der Waals surface area contributed by atoms with E-state index in [-0.39, 0.29) is 0 Å². The lowest BCUT2D eigenvalue weighted by molar-refractivity contribution is -0.0109. The Balaban J connectivity index is 0.926. The van der Waals surface area contributed by atoms with E-state index in [4.69, 9.17) is 9.47 Å². The van der Waals surface area contributed by atoms with Gasteiger partial charge in [0.1, 0.15) is 0 Å². The van der Waals surface area contributed by atoms with Gasteiger partial charge in [-0.15, -0.1) is 0 Å². The van der Waals surface area contributed by atoms with Crippen molar-refractivity contribution in [3.8, 4) is 0 Å². The van der Waals surface area contributed by atoms with E-state index in [1.54, 1.807) is 57.8 Å². The van der Waals surface area contributed by atoms with Gasteiger partial charge in [-0.05, 0) is 238 Å². The number of rotatable bonds is 25. The Morgan fingerprint density at radius 3 is 1.22 bits per heavy atom. The molecular weight excluding hydrogens is 841 g/mol. The van der Waals surface area contributed by atoms with Gasteiger partial charge in [0.25, 0.3) is 0 Å². The van der Waals surface area contributed by atoms with Crippen LogP contribution in [-0.2, 0) is 9.47 Å². The number of hydrogen-bond acceptors (Lipinski definition) is 4. The third kappa shape index (κ3) is 14.6. The molecule has 400 valence electrons. The lowest BCUT2D eigenvalue weighted by Crippen LogP contribution is -2.53. The van der Waals surface area contributed by atoms with Gasteiger partial charge >= 0.3 is 0 Å². The first-order valence-corrected chi connectivity index (χ1v) is 32.4. The van der Waals surface area contributed by atoms with E-state index < -0.39 is 0 Å². The minimum atomic E-state index is 0.511. The molecule has 0 saturated heterocycles. The molecule has 6 unspecified atom stereocenters. The van der Waals surface area contributed by atoms with Crippen LogP contribution in [0.15, 0.2) is 0 Å². The van der Waals surface area contributed by atoms with Crippen molar-refractivity contribution in [1.29, 1.82) is 0 Å². The van der Waals surface area contributed by atoms with Gasteiger partial charge in [-0.3, -0.25) is 9.80 Å². The first-order valence-electron chi connectivity index (χ1n) is 32.4. The first kappa shape index (κ1) is 55.1. The molecular formula is C65H118N2O2.